The molecule has 2 N–H and O–H groups in total. The first-order valence-corrected chi connectivity index (χ1v) is 6.95. The molecule has 1 aromatic heterocycles. The van der Waals surface area contributed by atoms with Gasteiger partial charge >= 0.3 is 0 Å². The summed E-state index contributed by atoms with van der Waals surface area (Å²) in [7, 11) is 0. The second-order valence-electron chi connectivity index (χ2n) is 4.80. The Morgan fingerprint density at radius 3 is 2.53 bits per heavy atom. The summed E-state index contributed by atoms with van der Waals surface area (Å²) in [6, 6.07) is 4.64. The summed E-state index contributed by atoms with van der Waals surface area (Å²) in [5.74, 6) is 1.46. The van der Waals surface area contributed by atoms with Gasteiger partial charge in [0.1, 0.15) is 17.3 Å². The van der Waals surface area contributed by atoms with Gasteiger partial charge in [-0.15, -0.1) is 0 Å². The zero-order valence-electron chi connectivity index (χ0n) is 11.3. The minimum absolute atomic E-state index is 0.228. The molecular formula is C15H17BrFNO. The fourth-order valence-electron chi connectivity index (χ4n) is 2.39. The summed E-state index contributed by atoms with van der Waals surface area (Å²) >= 11 is 3.35. The molecule has 0 fully saturated rings. The Bertz CT molecular complexity index is 606. The molecule has 2 nitrogen and oxygen atoms in total. The van der Waals surface area contributed by atoms with Gasteiger partial charge in [0.05, 0.1) is 0 Å². The fraction of sp³-hybridized carbons (Fsp3) is 0.333. The van der Waals surface area contributed by atoms with Crippen molar-refractivity contribution < 1.29 is 8.81 Å². The summed E-state index contributed by atoms with van der Waals surface area (Å²) in [6.45, 7) is 5.79. The molecule has 0 spiro atoms. The van der Waals surface area contributed by atoms with E-state index in [0.29, 0.717) is 12.0 Å². The molecule has 19 heavy (non-hydrogen) atoms. The quantitative estimate of drug-likeness (QED) is 0.911. The highest BCUT2D eigenvalue weighted by Crippen LogP contribution is 2.29. The number of rotatable bonds is 3. The van der Waals surface area contributed by atoms with Gasteiger partial charge in [-0.25, -0.2) is 4.39 Å². The molecule has 2 aromatic rings. The Balaban J connectivity index is 2.30. The smallest absolute Gasteiger partial charge is 0.126 e. The molecule has 2 rings (SSSR count). The summed E-state index contributed by atoms with van der Waals surface area (Å²) in [6.07, 6.45) is 0.450. The van der Waals surface area contributed by atoms with Crippen LogP contribution in [0.5, 0.6) is 0 Å². The van der Waals surface area contributed by atoms with E-state index in [2.05, 4.69) is 15.9 Å². The van der Waals surface area contributed by atoms with Gasteiger partial charge in [-0.1, -0.05) is 15.9 Å². The number of nitrogens with two attached hydrogens (primary N) is 1. The topological polar surface area (TPSA) is 39.2 Å². The number of benzene rings is 1. The first-order valence-electron chi connectivity index (χ1n) is 6.16. The molecule has 0 aliphatic rings. The van der Waals surface area contributed by atoms with Crippen LogP contribution in [0.1, 0.15) is 34.3 Å². The van der Waals surface area contributed by atoms with Gasteiger partial charge in [0.25, 0.3) is 0 Å². The van der Waals surface area contributed by atoms with Gasteiger partial charge in [-0.3, -0.25) is 0 Å². The third-order valence-electron chi connectivity index (χ3n) is 3.44. The van der Waals surface area contributed by atoms with Crippen LogP contribution in [-0.4, -0.2) is 0 Å². The molecule has 4 heteroatoms. The standard InChI is InChI=1S/C15H17BrFNO/c1-8-9(2)19-10(3)15(8)14(18)7-11-6-12(16)4-5-13(11)17/h4-6,14H,7,18H2,1-3H3. The number of aryl methyl sites for hydroxylation is 2. The highest BCUT2D eigenvalue weighted by Gasteiger charge is 2.19. The Morgan fingerprint density at radius 1 is 1.26 bits per heavy atom. The maximum atomic E-state index is 13.8. The molecule has 0 saturated heterocycles. The average molecular weight is 326 g/mol. The van der Waals surface area contributed by atoms with Crippen LogP contribution in [-0.2, 0) is 6.42 Å². The summed E-state index contributed by atoms with van der Waals surface area (Å²) in [4.78, 5) is 0. The largest absolute Gasteiger partial charge is 0.466 e. The van der Waals surface area contributed by atoms with Crippen LogP contribution in [0.4, 0.5) is 4.39 Å². The van der Waals surface area contributed by atoms with Crippen molar-refractivity contribution in [3.8, 4) is 0 Å². The predicted octanol–water partition coefficient (Wildman–Crippen LogP) is 4.35. The maximum Gasteiger partial charge on any atom is 0.126 e. The lowest BCUT2D eigenvalue weighted by Crippen LogP contribution is -2.15. The monoisotopic (exact) mass is 325 g/mol. The van der Waals surface area contributed by atoms with Crippen LogP contribution in [0.3, 0.4) is 0 Å². The Morgan fingerprint density at radius 2 is 1.95 bits per heavy atom. The van der Waals surface area contributed by atoms with Crippen LogP contribution in [0.15, 0.2) is 27.1 Å². The minimum Gasteiger partial charge on any atom is -0.466 e. The molecule has 0 aliphatic heterocycles. The Labute approximate surface area is 120 Å². The Hall–Kier alpha value is -1.13. The van der Waals surface area contributed by atoms with Gasteiger partial charge in [-0.2, -0.15) is 0 Å². The van der Waals surface area contributed by atoms with Crippen molar-refractivity contribution >= 4 is 15.9 Å². The van der Waals surface area contributed by atoms with E-state index in [4.69, 9.17) is 10.2 Å². The summed E-state index contributed by atoms with van der Waals surface area (Å²) in [5, 5.41) is 0. The van der Waals surface area contributed by atoms with Gasteiger partial charge in [0.2, 0.25) is 0 Å². The first kappa shape index (κ1) is 14.3. The summed E-state index contributed by atoms with van der Waals surface area (Å²) < 4.78 is 20.2. The zero-order valence-corrected chi connectivity index (χ0v) is 12.8. The second-order valence-corrected chi connectivity index (χ2v) is 5.72. The molecule has 102 valence electrons. The van der Waals surface area contributed by atoms with Crippen LogP contribution in [0.25, 0.3) is 0 Å². The lowest BCUT2D eigenvalue weighted by Gasteiger charge is -2.13. The molecule has 0 aliphatic carbocycles. The van der Waals surface area contributed by atoms with E-state index in [0.717, 1.165) is 27.1 Å². The third-order valence-corrected chi connectivity index (χ3v) is 3.93. The van der Waals surface area contributed by atoms with Gasteiger partial charge in [-0.05, 0) is 56.5 Å². The maximum absolute atomic E-state index is 13.8. The SMILES string of the molecule is Cc1oc(C)c(C(N)Cc2cc(Br)ccc2F)c1C. The summed E-state index contributed by atoms with van der Waals surface area (Å²) in [5.41, 5.74) is 8.87. The van der Waals surface area contributed by atoms with Crippen molar-refractivity contribution in [1.82, 2.24) is 0 Å². The van der Waals surface area contributed by atoms with E-state index < -0.39 is 0 Å². The fourth-order valence-corrected chi connectivity index (χ4v) is 2.80. The molecule has 1 aromatic carbocycles. The van der Waals surface area contributed by atoms with Crippen LogP contribution in [0.2, 0.25) is 0 Å². The number of hydrogen-bond donors (Lipinski definition) is 1. The number of furan rings is 1. The lowest BCUT2D eigenvalue weighted by molar-refractivity contribution is 0.495. The minimum atomic E-state index is -0.263. The van der Waals surface area contributed by atoms with E-state index in [-0.39, 0.29) is 11.9 Å². The van der Waals surface area contributed by atoms with E-state index >= 15 is 0 Å². The molecule has 0 radical (unpaired) electrons. The second kappa shape index (κ2) is 5.47. The highest BCUT2D eigenvalue weighted by atomic mass is 79.9. The van der Waals surface area contributed by atoms with Crippen LogP contribution < -0.4 is 5.73 Å². The average Bonchev–Trinajstić information content (AvgIpc) is 2.58. The van der Waals surface area contributed by atoms with Crippen molar-refractivity contribution in [2.24, 2.45) is 5.73 Å². The molecule has 0 saturated carbocycles. The van der Waals surface area contributed by atoms with Crippen molar-refractivity contribution in [3.05, 3.63) is 56.7 Å². The third kappa shape index (κ3) is 2.90. The van der Waals surface area contributed by atoms with Gasteiger partial charge < -0.3 is 10.2 Å². The van der Waals surface area contributed by atoms with Crippen molar-refractivity contribution in [2.75, 3.05) is 0 Å². The van der Waals surface area contributed by atoms with Crippen molar-refractivity contribution in [2.45, 2.75) is 33.2 Å². The number of hydrogen-bond acceptors (Lipinski definition) is 2. The normalized spacial score (nSPS) is 12.7. The highest BCUT2D eigenvalue weighted by molar-refractivity contribution is 9.10. The zero-order chi connectivity index (χ0) is 14.2. The molecule has 1 heterocycles. The van der Waals surface area contributed by atoms with E-state index in [1.807, 2.05) is 20.8 Å². The van der Waals surface area contributed by atoms with E-state index in [1.165, 1.54) is 6.07 Å². The molecule has 1 unspecified atom stereocenters. The predicted molar refractivity (Wildman–Crippen MR) is 77.7 cm³/mol. The van der Waals surface area contributed by atoms with Crippen LogP contribution >= 0.6 is 15.9 Å². The Kier molecular flexibility index (Phi) is 4.11. The lowest BCUT2D eigenvalue weighted by atomic mass is 9.96. The van der Waals surface area contributed by atoms with E-state index in [1.54, 1.807) is 12.1 Å². The van der Waals surface area contributed by atoms with Crippen molar-refractivity contribution in [3.63, 3.8) is 0 Å². The van der Waals surface area contributed by atoms with Gasteiger partial charge in [0, 0.05) is 16.1 Å². The van der Waals surface area contributed by atoms with Gasteiger partial charge in [0.15, 0.2) is 0 Å². The molecule has 1 atom stereocenters. The molecule has 0 amide bonds. The molecular weight excluding hydrogens is 309 g/mol. The van der Waals surface area contributed by atoms with E-state index in [9.17, 15) is 4.39 Å². The molecule has 0 bridgehead atoms. The van der Waals surface area contributed by atoms with Crippen LogP contribution in [0, 0.1) is 26.6 Å². The first-order chi connectivity index (χ1) is 8.90. The van der Waals surface area contributed by atoms with Crippen molar-refractivity contribution in [1.29, 1.82) is 0 Å². The number of halogens is 2.